The van der Waals surface area contributed by atoms with E-state index >= 15 is 0 Å². The summed E-state index contributed by atoms with van der Waals surface area (Å²) < 4.78 is 7.35. The molecule has 0 saturated heterocycles. The van der Waals surface area contributed by atoms with Gasteiger partial charge < -0.3 is 14.6 Å². The van der Waals surface area contributed by atoms with Crippen molar-refractivity contribution < 1.29 is 4.74 Å². The average Bonchev–Trinajstić information content (AvgIpc) is 2.97. The summed E-state index contributed by atoms with van der Waals surface area (Å²) in [6.07, 6.45) is 9.36. The average molecular weight is 251 g/mol. The van der Waals surface area contributed by atoms with Gasteiger partial charge in [-0.25, -0.2) is 4.98 Å². The maximum atomic E-state index is 5.03. The van der Waals surface area contributed by atoms with Crippen LogP contribution in [0.2, 0.25) is 0 Å². The summed E-state index contributed by atoms with van der Waals surface area (Å²) in [7, 11) is 1.73. The standard InChI is InChI=1S/C14H25N3O/c1-3-4-14(5-6-14)11-17-12-16-10-13(17)9-15-7-8-18-2/h10,12,15H,3-9,11H2,1-2H3. The number of methoxy groups -OCH3 is 1. The van der Waals surface area contributed by atoms with E-state index < -0.39 is 0 Å². The van der Waals surface area contributed by atoms with Crippen LogP contribution < -0.4 is 5.32 Å². The molecule has 0 spiro atoms. The first-order valence-electron chi connectivity index (χ1n) is 6.98. The third-order valence-corrected chi connectivity index (χ3v) is 3.83. The number of hydrogen-bond donors (Lipinski definition) is 1. The summed E-state index contributed by atoms with van der Waals surface area (Å²) in [4.78, 5) is 4.28. The van der Waals surface area contributed by atoms with E-state index in [1.165, 1.54) is 31.4 Å². The van der Waals surface area contributed by atoms with E-state index in [0.29, 0.717) is 5.41 Å². The number of nitrogens with one attached hydrogen (secondary N) is 1. The fourth-order valence-electron chi connectivity index (χ4n) is 2.58. The van der Waals surface area contributed by atoms with Crippen molar-refractivity contribution in [2.24, 2.45) is 5.41 Å². The van der Waals surface area contributed by atoms with Gasteiger partial charge in [0.2, 0.25) is 0 Å². The van der Waals surface area contributed by atoms with Gasteiger partial charge in [0.1, 0.15) is 0 Å². The molecule has 0 unspecified atom stereocenters. The summed E-state index contributed by atoms with van der Waals surface area (Å²) in [6, 6.07) is 0. The van der Waals surface area contributed by atoms with Gasteiger partial charge in [0, 0.05) is 32.9 Å². The van der Waals surface area contributed by atoms with Crippen LogP contribution in [0.15, 0.2) is 12.5 Å². The zero-order valence-electron chi connectivity index (χ0n) is 11.6. The van der Waals surface area contributed by atoms with Crippen molar-refractivity contribution in [3.63, 3.8) is 0 Å². The van der Waals surface area contributed by atoms with Gasteiger partial charge in [-0.2, -0.15) is 0 Å². The van der Waals surface area contributed by atoms with Crippen LogP contribution >= 0.6 is 0 Å². The molecule has 18 heavy (non-hydrogen) atoms. The van der Waals surface area contributed by atoms with E-state index in [0.717, 1.165) is 26.2 Å². The van der Waals surface area contributed by atoms with E-state index in [4.69, 9.17) is 4.74 Å². The van der Waals surface area contributed by atoms with Gasteiger partial charge >= 0.3 is 0 Å². The molecule has 1 N–H and O–H groups in total. The van der Waals surface area contributed by atoms with Crippen molar-refractivity contribution in [3.8, 4) is 0 Å². The minimum Gasteiger partial charge on any atom is -0.383 e. The highest BCUT2D eigenvalue weighted by atomic mass is 16.5. The van der Waals surface area contributed by atoms with E-state index in [-0.39, 0.29) is 0 Å². The Balaban J connectivity index is 1.84. The first kappa shape index (κ1) is 13.6. The van der Waals surface area contributed by atoms with Gasteiger partial charge in [0.15, 0.2) is 0 Å². The van der Waals surface area contributed by atoms with Gasteiger partial charge in [-0.3, -0.25) is 0 Å². The largest absolute Gasteiger partial charge is 0.383 e. The van der Waals surface area contributed by atoms with Gasteiger partial charge in [-0.1, -0.05) is 13.3 Å². The SMILES string of the molecule is CCCC1(Cn2cncc2CNCCOC)CC1. The van der Waals surface area contributed by atoms with Crippen molar-refractivity contribution in [2.45, 2.75) is 45.7 Å². The van der Waals surface area contributed by atoms with E-state index in [1.54, 1.807) is 7.11 Å². The molecule has 0 bridgehead atoms. The van der Waals surface area contributed by atoms with Crippen LogP contribution in [0.3, 0.4) is 0 Å². The molecular weight excluding hydrogens is 226 g/mol. The molecule has 1 saturated carbocycles. The van der Waals surface area contributed by atoms with Crippen molar-refractivity contribution in [2.75, 3.05) is 20.3 Å². The predicted octanol–water partition coefficient (Wildman–Crippen LogP) is 2.20. The maximum absolute atomic E-state index is 5.03. The van der Waals surface area contributed by atoms with E-state index in [2.05, 4.69) is 21.8 Å². The fourth-order valence-corrected chi connectivity index (χ4v) is 2.58. The first-order valence-corrected chi connectivity index (χ1v) is 6.98. The second-order valence-corrected chi connectivity index (χ2v) is 5.43. The summed E-state index contributed by atoms with van der Waals surface area (Å²) in [5.41, 5.74) is 1.87. The Kier molecular flexibility index (Phi) is 4.78. The van der Waals surface area contributed by atoms with Crippen molar-refractivity contribution >= 4 is 0 Å². The molecule has 1 aliphatic rings. The molecule has 1 aliphatic carbocycles. The van der Waals surface area contributed by atoms with Gasteiger partial charge in [0.25, 0.3) is 0 Å². The highest BCUT2D eigenvalue weighted by Crippen LogP contribution is 2.51. The Labute approximate surface area is 110 Å². The fraction of sp³-hybridized carbons (Fsp3) is 0.786. The maximum Gasteiger partial charge on any atom is 0.0948 e. The zero-order valence-corrected chi connectivity index (χ0v) is 11.6. The monoisotopic (exact) mass is 251 g/mol. The number of ether oxygens (including phenoxy) is 1. The lowest BCUT2D eigenvalue weighted by Crippen LogP contribution is -2.21. The third-order valence-electron chi connectivity index (χ3n) is 3.83. The normalized spacial score (nSPS) is 17.0. The quantitative estimate of drug-likeness (QED) is 0.684. The molecule has 1 fully saturated rings. The molecule has 1 heterocycles. The molecule has 4 heteroatoms. The van der Waals surface area contributed by atoms with Crippen molar-refractivity contribution in [1.29, 1.82) is 0 Å². The lowest BCUT2D eigenvalue weighted by atomic mass is 10.0. The third kappa shape index (κ3) is 3.56. The smallest absolute Gasteiger partial charge is 0.0948 e. The molecular formula is C14H25N3O. The molecule has 1 aromatic heterocycles. The van der Waals surface area contributed by atoms with Crippen LogP contribution in [-0.4, -0.2) is 29.8 Å². The number of rotatable bonds is 9. The van der Waals surface area contributed by atoms with Crippen molar-refractivity contribution in [1.82, 2.24) is 14.9 Å². The number of imidazole rings is 1. The Morgan fingerprint density at radius 2 is 2.33 bits per heavy atom. The lowest BCUT2D eigenvalue weighted by Gasteiger charge is -2.17. The predicted molar refractivity (Wildman–Crippen MR) is 72.4 cm³/mol. The summed E-state index contributed by atoms with van der Waals surface area (Å²) in [5.74, 6) is 0. The zero-order chi connectivity index (χ0) is 12.8. The number of nitrogens with zero attached hydrogens (tertiary/aromatic N) is 2. The summed E-state index contributed by atoms with van der Waals surface area (Å²) in [6.45, 7) is 5.95. The Hall–Kier alpha value is -0.870. The van der Waals surface area contributed by atoms with Crippen LogP contribution in [0.5, 0.6) is 0 Å². The minimum absolute atomic E-state index is 0.580. The van der Waals surface area contributed by atoms with E-state index in [1.807, 2.05) is 12.5 Å². The molecule has 0 radical (unpaired) electrons. The van der Waals surface area contributed by atoms with Crippen LogP contribution in [0.4, 0.5) is 0 Å². The topological polar surface area (TPSA) is 39.1 Å². The second kappa shape index (κ2) is 6.34. The van der Waals surface area contributed by atoms with Crippen LogP contribution in [0.1, 0.15) is 38.3 Å². The highest BCUT2D eigenvalue weighted by molar-refractivity contribution is 5.02. The van der Waals surface area contributed by atoms with E-state index in [9.17, 15) is 0 Å². The lowest BCUT2D eigenvalue weighted by molar-refractivity contribution is 0.199. The minimum atomic E-state index is 0.580. The molecule has 0 aliphatic heterocycles. The number of hydrogen-bond acceptors (Lipinski definition) is 3. The summed E-state index contributed by atoms with van der Waals surface area (Å²) >= 11 is 0. The van der Waals surface area contributed by atoms with Gasteiger partial charge in [-0.15, -0.1) is 0 Å². The van der Waals surface area contributed by atoms with Gasteiger partial charge in [0.05, 0.1) is 18.6 Å². The Morgan fingerprint density at radius 1 is 1.50 bits per heavy atom. The molecule has 1 aromatic rings. The molecule has 2 rings (SSSR count). The van der Waals surface area contributed by atoms with Crippen LogP contribution in [0.25, 0.3) is 0 Å². The Morgan fingerprint density at radius 3 is 3.00 bits per heavy atom. The van der Waals surface area contributed by atoms with Gasteiger partial charge in [-0.05, 0) is 24.7 Å². The van der Waals surface area contributed by atoms with Crippen LogP contribution in [0, 0.1) is 5.41 Å². The second-order valence-electron chi connectivity index (χ2n) is 5.43. The molecule has 102 valence electrons. The molecule has 0 aromatic carbocycles. The Bertz CT molecular complexity index is 358. The van der Waals surface area contributed by atoms with Crippen molar-refractivity contribution in [3.05, 3.63) is 18.2 Å². The van der Waals surface area contributed by atoms with Crippen LogP contribution in [-0.2, 0) is 17.8 Å². The summed E-state index contributed by atoms with van der Waals surface area (Å²) in [5, 5.41) is 3.38. The number of aromatic nitrogens is 2. The molecule has 0 atom stereocenters. The molecule has 4 nitrogen and oxygen atoms in total. The molecule has 0 amide bonds. The highest BCUT2D eigenvalue weighted by Gasteiger charge is 2.41. The first-order chi connectivity index (χ1) is 8.79.